The molecule has 0 aliphatic rings. The minimum Gasteiger partial charge on any atom is -0.242 e. The molecule has 0 rings (SSSR count). The van der Waals surface area contributed by atoms with Crippen molar-refractivity contribution in [2.45, 2.75) is 0 Å². The van der Waals surface area contributed by atoms with Crippen LogP contribution in [-0.2, 0) is 3.63 Å². The van der Waals surface area contributed by atoms with Gasteiger partial charge in [-0.25, -0.2) is 8.35 Å². The maximum atomic E-state index is 4.19. The third-order valence-corrected chi connectivity index (χ3v) is 0.585. The molecule has 0 aromatic rings. The molecular formula is CH5NOS2. The molecule has 0 spiro atoms. The average Bonchev–Trinajstić information content (AvgIpc) is 1.41. The van der Waals surface area contributed by atoms with Crippen molar-refractivity contribution in [3.05, 3.63) is 0 Å². The maximum Gasteiger partial charge on any atom is 0.0927 e. The van der Waals surface area contributed by atoms with Crippen molar-refractivity contribution in [1.29, 1.82) is 0 Å². The molecule has 32 valence electrons. The normalized spacial score (nSPS) is 8.40. The van der Waals surface area contributed by atoms with Gasteiger partial charge in [0.1, 0.15) is 0 Å². The molecule has 1 N–H and O–H groups in total. The van der Waals surface area contributed by atoms with E-state index < -0.39 is 0 Å². The first-order chi connectivity index (χ1) is 2.41. The quantitative estimate of drug-likeness (QED) is 0.310. The van der Waals surface area contributed by atoms with Gasteiger partial charge < -0.3 is 0 Å². The predicted octanol–water partition coefficient (Wildman–Crippen LogP) is 0.630. The third kappa shape index (κ3) is 4.62. The van der Waals surface area contributed by atoms with Crippen LogP contribution in [0.4, 0.5) is 0 Å². The summed E-state index contributed by atoms with van der Waals surface area (Å²) < 4.78 is 6.83. The van der Waals surface area contributed by atoms with Gasteiger partial charge >= 0.3 is 0 Å². The topological polar surface area (TPSA) is 21.3 Å². The molecule has 0 saturated carbocycles. The summed E-state index contributed by atoms with van der Waals surface area (Å²) in [6.45, 7) is 0. The van der Waals surface area contributed by atoms with Gasteiger partial charge in [0.25, 0.3) is 0 Å². The van der Waals surface area contributed by atoms with Gasteiger partial charge in [-0.05, 0) is 20.0 Å². The van der Waals surface area contributed by atoms with Crippen LogP contribution >= 0.6 is 25.1 Å². The van der Waals surface area contributed by atoms with E-state index in [1.54, 1.807) is 7.05 Å². The van der Waals surface area contributed by atoms with Crippen molar-refractivity contribution in [3.8, 4) is 0 Å². The molecule has 0 aromatic heterocycles. The standard InChI is InChI=1S/CH5NOS2/c1-2-5-3-4/h2,4H,1H3. The number of thiol groups is 1. The number of hydrogen-bond donors (Lipinski definition) is 2. The molecule has 0 amide bonds. The Hall–Kier alpha value is 0.620. The largest absolute Gasteiger partial charge is 0.242 e. The molecule has 5 heavy (non-hydrogen) atoms. The van der Waals surface area contributed by atoms with E-state index in [0.717, 1.165) is 12.2 Å². The van der Waals surface area contributed by atoms with Crippen molar-refractivity contribution in [1.82, 2.24) is 4.72 Å². The van der Waals surface area contributed by atoms with E-state index in [0.29, 0.717) is 0 Å². The van der Waals surface area contributed by atoms with Gasteiger partial charge in [-0.15, -0.1) is 0 Å². The van der Waals surface area contributed by atoms with Gasteiger partial charge in [-0.3, -0.25) is 0 Å². The van der Waals surface area contributed by atoms with E-state index in [2.05, 4.69) is 21.3 Å². The lowest BCUT2D eigenvalue weighted by Crippen LogP contribution is -1.87. The van der Waals surface area contributed by atoms with Crippen molar-refractivity contribution in [3.63, 3.8) is 0 Å². The molecule has 0 fully saturated rings. The summed E-state index contributed by atoms with van der Waals surface area (Å²) in [4.78, 5) is 0. The molecule has 2 nitrogen and oxygen atoms in total. The van der Waals surface area contributed by atoms with Crippen LogP contribution in [0.3, 0.4) is 0 Å². The highest BCUT2D eigenvalue weighted by molar-refractivity contribution is 8.00. The van der Waals surface area contributed by atoms with Crippen LogP contribution in [0.5, 0.6) is 0 Å². The minimum atomic E-state index is 1.08. The van der Waals surface area contributed by atoms with Gasteiger partial charge in [0.2, 0.25) is 0 Å². The zero-order chi connectivity index (χ0) is 4.12. The number of hydrogen-bond acceptors (Lipinski definition) is 4. The van der Waals surface area contributed by atoms with Crippen LogP contribution in [0.25, 0.3) is 0 Å². The van der Waals surface area contributed by atoms with E-state index in [1.165, 1.54) is 0 Å². The summed E-state index contributed by atoms with van der Waals surface area (Å²) in [5.74, 6) is 0. The van der Waals surface area contributed by atoms with E-state index in [-0.39, 0.29) is 0 Å². The first kappa shape index (κ1) is 5.62. The second-order valence-corrected chi connectivity index (χ2v) is 1.53. The fourth-order valence-corrected chi connectivity index (χ4v) is 0.335. The summed E-state index contributed by atoms with van der Waals surface area (Å²) in [5.41, 5.74) is 0. The first-order valence-corrected chi connectivity index (χ1v) is 2.16. The van der Waals surface area contributed by atoms with Crippen molar-refractivity contribution in [2.75, 3.05) is 7.05 Å². The Bertz CT molecular complexity index is 17.1. The Morgan fingerprint density at radius 1 is 2.00 bits per heavy atom. The zero-order valence-electron chi connectivity index (χ0n) is 2.76. The smallest absolute Gasteiger partial charge is 0.0927 e. The molecule has 0 aliphatic carbocycles. The SMILES string of the molecule is CNSOS. The second kappa shape index (κ2) is 4.62. The Morgan fingerprint density at radius 3 is 2.60 bits per heavy atom. The van der Waals surface area contributed by atoms with Gasteiger partial charge in [0, 0.05) is 0 Å². The average molecular weight is 111 g/mol. The summed E-state index contributed by atoms with van der Waals surface area (Å²) in [6.07, 6.45) is 0. The van der Waals surface area contributed by atoms with Crippen LogP contribution in [0, 0.1) is 0 Å². The van der Waals surface area contributed by atoms with Crippen LogP contribution in [-0.4, -0.2) is 7.05 Å². The second-order valence-electron chi connectivity index (χ2n) is 0.362. The van der Waals surface area contributed by atoms with E-state index >= 15 is 0 Å². The molecule has 0 heterocycles. The van der Waals surface area contributed by atoms with E-state index in [4.69, 9.17) is 0 Å². The van der Waals surface area contributed by atoms with E-state index in [9.17, 15) is 0 Å². The molecule has 0 radical (unpaired) electrons. The highest BCUT2D eigenvalue weighted by Gasteiger charge is 1.65. The van der Waals surface area contributed by atoms with Crippen LogP contribution in [0.2, 0.25) is 0 Å². The lowest BCUT2D eigenvalue weighted by atomic mass is 11.6. The van der Waals surface area contributed by atoms with Crippen molar-refractivity contribution < 1.29 is 3.63 Å². The number of nitrogens with one attached hydrogen (secondary N) is 1. The molecule has 0 atom stereocenters. The monoisotopic (exact) mass is 111 g/mol. The van der Waals surface area contributed by atoms with Gasteiger partial charge in [-0.2, -0.15) is 0 Å². The Kier molecular flexibility index (Phi) is 5.19. The summed E-state index contributed by atoms with van der Waals surface area (Å²) in [6, 6.07) is 0. The van der Waals surface area contributed by atoms with Crippen LogP contribution in [0.15, 0.2) is 0 Å². The predicted molar refractivity (Wildman–Crippen MR) is 26.7 cm³/mol. The fourth-order valence-electron chi connectivity index (χ4n) is 0.0373. The van der Waals surface area contributed by atoms with Crippen molar-refractivity contribution in [2.24, 2.45) is 0 Å². The highest BCUT2D eigenvalue weighted by Crippen LogP contribution is 1.93. The first-order valence-electron chi connectivity index (χ1n) is 1.05. The molecule has 4 heteroatoms. The molecule has 0 unspecified atom stereocenters. The highest BCUT2D eigenvalue weighted by atomic mass is 32.2. The molecule has 0 aromatic carbocycles. The molecule has 0 bridgehead atoms. The number of rotatable bonds is 2. The molecular weight excluding hydrogens is 106 g/mol. The zero-order valence-corrected chi connectivity index (χ0v) is 4.47. The Labute approximate surface area is 41.2 Å². The lowest BCUT2D eigenvalue weighted by molar-refractivity contribution is 0.764. The van der Waals surface area contributed by atoms with Crippen molar-refractivity contribution >= 4 is 25.1 Å². The van der Waals surface area contributed by atoms with E-state index in [1.807, 2.05) is 0 Å². The molecule has 0 saturated heterocycles. The van der Waals surface area contributed by atoms with Gasteiger partial charge in [-0.1, -0.05) is 0 Å². The summed E-state index contributed by atoms with van der Waals surface area (Å²) >= 11 is 4.48. The van der Waals surface area contributed by atoms with Gasteiger partial charge in [0.15, 0.2) is 0 Å². The van der Waals surface area contributed by atoms with Gasteiger partial charge in [0.05, 0.1) is 12.2 Å². The van der Waals surface area contributed by atoms with Crippen LogP contribution in [0.1, 0.15) is 0 Å². The lowest BCUT2D eigenvalue weighted by Gasteiger charge is -1.83. The maximum absolute atomic E-state index is 4.19. The minimum absolute atomic E-state index is 1.08. The molecule has 0 aliphatic heterocycles. The fraction of sp³-hybridized carbons (Fsp3) is 1.00. The summed E-state index contributed by atoms with van der Waals surface area (Å²) in [7, 11) is 1.75. The Morgan fingerprint density at radius 2 is 2.60 bits per heavy atom. The van der Waals surface area contributed by atoms with Crippen LogP contribution < -0.4 is 4.72 Å². The Balaban J connectivity index is 2.19. The summed E-state index contributed by atoms with van der Waals surface area (Å²) in [5, 5.41) is 0. The third-order valence-electron chi connectivity index (χ3n) is 0.121.